The molecule has 4 aromatic rings. The Labute approximate surface area is 163 Å². The van der Waals surface area contributed by atoms with E-state index in [1.807, 2.05) is 55.8 Å². The van der Waals surface area contributed by atoms with Gasteiger partial charge in [0.15, 0.2) is 5.82 Å². The fourth-order valence-electron chi connectivity index (χ4n) is 3.18. The molecule has 2 aromatic carbocycles. The fourth-order valence-corrected chi connectivity index (χ4v) is 3.18. The quantitative estimate of drug-likeness (QED) is 0.490. The second kappa shape index (κ2) is 6.69. The molecular weight excluding hydrogens is 354 g/mol. The third kappa shape index (κ3) is 3.32. The highest BCUT2D eigenvalue weighted by Gasteiger charge is 2.18. The van der Waals surface area contributed by atoms with Gasteiger partial charge in [-0.1, -0.05) is 12.1 Å². The lowest BCUT2D eigenvalue weighted by atomic mass is 9.97. The molecule has 7 heteroatoms. The van der Waals surface area contributed by atoms with Crippen molar-refractivity contribution in [3.05, 3.63) is 54.4 Å². The van der Waals surface area contributed by atoms with Gasteiger partial charge in [-0.15, -0.1) is 0 Å². The zero-order valence-electron chi connectivity index (χ0n) is 16.3. The molecule has 4 rings (SSSR count). The van der Waals surface area contributed by atoms with Gasteiger partial charge in [0.05, 0.1) is 30.1 Å². The smallest absolute Gasteiger partial charge is 0.160 e. The zero-order valence-corrected chi connectivity index (χ0v) is 16.3. The molecule has 0 saturated heterocycles. The molecule has 2 heterocycles. The molecule has 0 saturated carbocycles. The maximum Gasteiger partial charge on any atom is 0.160 e. The Kier molecular flexibility index (Phi) is 4.31. The highest BCUT2D eigenvalue weighted by molar-refractivity contribution is 5.92. The van der Waals surface area contributed by atoms with Crippen molar-refractivity contribution in [2.75, 3.05) is 12.4 Å². The van der Waals surface area contributed by atoms with Crippen LogP contribution < -0.4 is 10.1 Å². The molecule has 7 nitrogen and oxygen atoms in total. The van der Waals surface area contributed by atoms with Gasteiger partial charge in [0.2, 0.25) is 0 Å². The molecule has 0 amide bonds. The lowest BCUT2D eigenvalue weighted by Crippen LogP contribution is -2.14. The van der Waals surface area contributed by atoms with Crippen LogP contribution in [0, 0.1) is 0 Å². The summed E-state index contributed by atoms with van der Waals surface area (Å²) in [5.41, 5.74) is 3.63. The van der Waals surface area contributed by atoms with Crippen molar-refractivity contribution in [1.82, 2.24) is 20.0 Å². The average molecular weight is 377 g/mol. The number of hydrogen-bond donors (Lipinski definition) is 3. The van der Waals surface area contributed by atoms with Crippen LogP contribution in [0.4, 0.5) is 11.5 Å². The Morgan fingerprint density at radius 2 is 1.96 bits per heavy atom. The summed E-state index contributed by atoms with van der Waals surface area (Å²) in [5.74, 6) is 1.41. The van der Waals surface area contributed by atoms with Gasteiger partial charge >= 0.3 is 0 Å². The third-order valence-electron chi connectivity index (χ3n) is 4.76. The Morgan fingerprint density at radius 1 is 1.14 bits per heavy atom. The van der Waals surface area contributed by atoms with E-state index >= 15 is 0 Å². The monoisotopic (exact) mass is 377 g/mol. The second-order valence-electron chi connectivity index (χ2n) is 7.33. The maximum absolute atomic E-state index is 10.2. The van der Waals surface area contributed by atoms with E-state index in [1.165, 1.54) is 0 Å². The van der Waals surface area contributed by atoms with E-state index in [0.717, 1.165) is 39.0 Å². The molecule has 0 unspecified atom stereocenters. The molecule has 3 N–H and O–H groups in total. The van der Waals surface area contributed by atoms with Gasteiger partial charge in [-0.25, -0.2) is 0 Å². The Balaban J connectivity index is 1.72. The van der Waals surface area contributed by atoms with Gasteiger partial charge in [0, 0.05) is 24.2 Å². The summed E-state index contributed by atoms with van der Waals surface area (Å²) in [6.07, 6.45) is 3.79. The van der Waals surface area contributed by atoms with Crippen molar-refractivity contribution in [2.24, 2.45) is 7.05 Å². The number of H-pyrrole nitrogens is 1. The lowest BCUT2D eigenvalue weighted by Gasteiger charge is -2.17. The average Bonchev–Trinajstić information content (AvgIpc) is 3.27. The van der Waals surface area contributed by atoms with Crippen molar-refractivity contribution >= 4 is 22.4 Å². The van der Waals surface area contributed by atoms with Gasteiger partial charge in [0.25, 0.3) is 0 Å². The number of nitrogens with one attached hydrogen (secondary N) is 2. The molecule has 0 bridgehead atoms. The van der Waals surface area contributed by atoms with E-state index in [-0.39, 0.29) is 0 Å². The molecule has 0 aliphatic heterocycles. The lowest BCUT2D eigenvalue weighted by molar-refractivity contribution is 0.0787. The van der Waals surface area contributed by atoms with Crippen LogP contribution >= 0.6 is 0 Å². The predicted molar refractivity (Wildman–Crippen MR) is 110 cm³/mol. The van der Waals surface area contributed by atoms with Crippen LogP contribution in [-0.2, 0) is 12.6 Å². The number of nitrogens with zero attached hydrogens (tertiary/aromatic N) is 3. The van der Waals surface area contributed by atoms with Crippen molar-refractivity contribution in [2.45, 2.75) is 19.4 Å². The van der Waals surface area contributed by atoms with Crippen LogP contribution in [0.1, 0.15) is 19.4 Å². The number of hydrogen-bond acceptors (Lipinski definition) is 5. The van der Waals surface area contributed by atoms with Gasteiger partial charge in [-0.2, -0.15) is 10.2 Å². The van der Waals surface area contributed by atoms with Gasteiger partial charge in [-0.3, -0.25) is 9.78 Å². The summed E-state index contributed by atoms with van der Waals surface area (Å²) in [4.78, 5) is 0. The Bertz CT molecular complexity index is 1140. The topological polar surface area (TPSA) is 88.0 Å². The van der Waals surface area contributed by atoms with E-state index in [2.05, 4.69) is 20.6 Å². The second-order valence-corrected chi connectivity index (χ2v) is 7.33. The zero-order chi connectivity index (χ0) is 19.9. The van der Waals surface area contributed by atoms with E-state index in [0.29, 0.717) is 5.82 Å². The SMILES string of the molecule is COc1ccc(-c2cnn(C)c2)cc1Nc1n[nH]c2cc(C(C)(C)O)ccc12. The molecule has 0 aliphatic rings. The minimum Gasteiger partial charge on any atom is -0.495 e. The van der Waals surface area contributed by atoms with Crippen molar-refractivity contribution in [1.29, 1.82) is 0 Å². The summed E-state index contributed by atoms with van der Waals surface area (Å²) in [5, 5.41) is 26.2. The highest BCUT2D eigenvalue weighted by Crippen LogP contribution is 2.34. The number of aryl methyl sites for hydroxylation is 1. The number of rotatable bonds is 5. The number of fused-ring (bicyclic) bond motifs is 1. The molecule has 0 atom stereocenters. The van der Waals surface area contributed by atoms with Crippen LogP contribution in [0.3, 0.4) is 0 Å². The first-order chi connectivity index (χ1) is 13.3. The van der Waals surface area contributed by atoms with Crippen molar-refractivity contribution in [3.63, 3.8) is 0 Å². The van der Waals surface area contributed by atoms with Crippen molar-refractivity contribution < 1.29 is 9.84 Å². The number of aromatic nitrogens is 4. The summed E-state index contributed by atoms with van der Waals surface area (Å²) in [6, 6.07) is 11.7. The van der Waals surface area contributed by atoms with Crippen molar-refractivity contribution in [3.8, 4) is 16.9 Å². The maximum atomic E-state index is 10.2. The van der Waals surface area contributed by atoms with E-state index in [9.17, 15) is 5.11 Å². The number of ether oxygens (including phenoxy) is 1. The molecular formula is C21H23N5O2. The largest absolute Gasteiger partial charge is 0.495 e. The first kappa shape index (κ1) is 18.1. The molecule has 2 aromatic heterocycles. The Morgan fingerprint density at radius 3 is 2.64 bits per heavy atom. The number of aromatic amines is 1. The van der Waals surface area contributed by atoms with Crippen LogP contribution in [0.15, 0.2) is 48.8 Å². The number of aliphatic hydroxyl groups is 1. The number of methoxy groups -OCH3 is 1. The summed E-state index contributed by atoms with van der Waals surface area (Å²) in [6.45, 7) is 3.52. The van der Waals surface area contributed by atoms with Gasteiger partial charge in [-0.05, 0) is 49.2 Å². The Hall–Kier alpha value is -3.32. The number of benzene rings is 2. The first-order valence-electron chi connectivity index (χ1n) is 9.00. The van der Waals surface area contributed by atoms with Gasteiger partial charge < -0.3 is 15.2 Å². The van der Waals surface area contributed by atoms with Crippen LogP contribution in [-0.4, -0.2) is 32.2 Å². The molecule has 28 heavy (non-hydrogen) atoms. The standard InChI is InChI=1S/C21H23N5O2/c1-21(2,27)15-6-7-16-17(10-15)24-25-20(16)23-18-9-13(5-8-19(18)28-4)14-11-22-26(3)12-14/h5-12,27H,1-4H3,(H2,23,24,25). The molecule has 0 fully saturated rings. The molecule has 0 aliphatic carbocycles. The predicted octanol–water partition coefficient (Wildman–Crippen LogP) is 3.94. The van der Waals surface area contributed by atoms with E-state index in [4.69, 9.17) is 4.74 Å². The van der Waals surface area contributed by atoms with Crippen LogP contribution in [0.5, 0.6) is 5.75 Å². The summed E-state index contributed by atoms with van der Waals surface area (Å²) in [7, 11) is 3.53. The van der Waals surface area contributed by atoms with E-state index < -0.39 is 5.60 Å². The van der Waals surface area contributed by atoms with Gasteiger partial charge in [0.1, 0.15) is 5.75 Å². The minimum absolute atomic E-state index is 0.693. The summed E-state index contributed by atoms with van der Waals surface area (Å²) < 4.78 is 7.28. The molecule has 144 valence electrons. The fraction of sp³-hybridized carbons (Fsp3) is 0.238. The first-order valence-corrected chi connectivity index (χ1v) is 9.00. The summed E-state index contributed by atoms with van der Waals surface area (Å²) >= 11 is 0. The van der Waals surface area contributed by atoms with Crippen LogP contribution in [0.2, 0.25) is 0 Å². The normalized spacial score (nSPS) is 11.8. The molecule has 0 spiro atoms. The van der Waals surface area contributed by atoms with E-state index in [1.54, 1.807) is 25.6 Å². The highest BCUT2D eigenvalue weighted by atomic mass is 16.5. The number of anilines is 2. The van der Waals surface area contributed by atoms with Crippen LogP contribution in [0.25, 0.3) is 22.0 Å². The molecule has 0 radical (unpaired) electrons. The minimum atomic E-state index is -0.909. The third-order valence-corrected chi connectivity index (χ3v) is 4.76.